The predicted octanol–water partition coefficient (Wildman–Crippen LogP) is 2.34. The van der Waals surface area contributed by atoms with Crippen molar-refractivity contribution >= 4 is 16.8 Å². The van der Waals surface area contributed by atoms with Crippen LogP contribution in [0.5, 0.6) is 0 Å². The second-order valence-electron chi connectivity index (χ2n) is 6.33. The van der Waals surface area contributed by atoms with Crippen LogP contribution in [-0.2, 0) is 0 Å². The van der Waals surface area contributed by atoms with E-state index in [1.807, 2.05) is 41.3 Å². The van der Waals surface area contributed by atoms with Crippen molar-refractivity contribution in [1.29, 1.82) is 0 Å². The van der Waals surface area contributed by atoms with Gasteiger partial charge in [-0.15, -0.1) is 0 Å². The smallest absolute Gasteiger partial charge is 0.338 e. The Labute approximate surface area is 144 Å². The number of likely N-dealkylation sites (tertiary alicyclic amines) is 1. The fourth-order valence-corrected chi connectivity index (χ4v) is 3.43. The molecule has 6 nitrogen and oxygen atoms in total. The molecule has 4 rings (SSSR count). The number of aromatic nitrogens is 3. The molecular formula is C19H18N4O2. The molecule has 0 bridgehead atoms. The highest BCUT2D eigenvalue weighted by Crippen LogP contribution is 2.26. The monoisotopic (exact) mass is 334 g/mol. The molecular weight excluding hydrogens is 316 g/mol. The van der Waals surface area contributed by atoms with Gasteiger partial charge in [0, 0.05) is 48.0 Å². The largest absolute Gasteiger partial charge is 0.345 e. The normalized spacial score (nSPS) is 17.6. The third-order valence-corrected chi connectivity index (χ3v) is 4.70. The molecule has 1 fully saturated rings. The Morgan fingerprint density at radius 1 is 1.16 bits per heavy atom. The van der Waals surface area contributed by atoms with Crippen LogP contribution in [0.4, 0.5) is 0 Å². The number of hydrogen-bond acceptors (Lipinski definition) is 4. The molecule has 126 valence electrons. The van der Waals surface area contributed by atoms with Crippen LogP contribution >= 0.6 is 0 Å². The van der Waals surface area contributed by atoms with Crippen molar-refractivity contribution in [3.63, 3.8) is 0 Å². The first-order valence-electron chi connectivity index (χ1n) is 8.40. The molecule has 1 atom stereocenters. The number of benzene rings is 1. The van der Waals surface area contributed by atoms with Gasteiger partial charge in [0.15, 0.2) is 0 Å². The van der Waals surface area contributed by atoms with Crippen LogP contribution < -0.4 is 5.69 Å². The van der Waals surface area contributed by atoms with Crippen LogP contribution in [0, 0.1) is 0 Å². The minimum atomic E-state index is -0.344. The van der Waals surface area contributed by atoms with Crippen molar-refractivity contribution in [1.82, 2.24) is 19.9 Å². The molecule has 0 saturated carbocycles. The maximum atomic E-state index is 12.9. The SMILES string of the molecule is O=C(c1ccc2ncccc2c1)N1CCCC(c2ccnc(=O)[nH]2)C1. The van der Waals surface area contributed by atoms with Crippen LogP contribution in [0.15, 0.2) is 53.6 Å². The lowest BCUT2D eigenvalue weighted by molar-refractivity contribution is 0.0706. The van der Waals surface area contributed by atoms with E-state index >= 15 is 0 Å². The van der Waals surface area contributed by atoms with Gasteiger partial charge < -0.3 is 9.88 Å². The first kappa shape index (κ1) is 15.5. The molecule has 3 aromatic rings. The lowest BCUT2D eigenvalue weighted by atomic mass is 9.94. The van der Waals surface area contributed by atoms with Crippen molar-refractivity contribution in [2.45, 2.75) is 18.8 Å². The molecule has 1 N–H and O–H groups in total. The summed E-state index contributed by atoms with van der Waals surface area (Å²) in [5.41, 5.74) is 2.05. The molecule has 1 aliphatic rings. The number of amides is 1. The number of aromatic amines is 1. The zero-order valence-corrected chi connectivity index (χ0v) is 13.7. The Kier molecular flexibility index (Phi) is 4.01. The van der Waals surface area contributed by atoms with Gasteiger partial charge >= 0.3 is 5.69 Å². The highest BCUT2D eigenvalue weighted by atomic mass is 16.2. The summed E-state index contributed by atoms with van der Waals surface area (Å²) < 4.78 is 0. The molecule has 1 aromatic carbocycles. The number of rotatable bonds is 2. The fourth-order valence-electron chi connectivity index (χ4n) is 3.43. The topological polar surface area (TPSA) is 79.0 Å². The number of carbonyl (C=O) groups excluding carboxylic acids is 1. The molecule has 1 saturated heterocycles. The summed E-state index contributed by atoms with van der Waals surface area (Å²) in [6.07, 6.45) is 5.13. The summed E-state index contributed by atoms with van der Waals surface area (Å²) in [6, 6.07) is 11.2. The van der Waals surface area contributed by atoms with Crippen LogP contribution in [0.3, 0.4) is 0 Å². The highest BCUT2D eigenvalue weighted by Gasteiger charge is 2.26. The second-order valence-corrected chi connectivity index (χ2v) is 6.33. The average Bonchev–Trinajstić information content (AvgIpc) is 2.67. The number of fused-ring (bicyclic) bond motifs is 1. The number of nitrogens with one attached hydrogen (secondary N) is 1. The molecule has 25 heavy (non-hydrogen) atoms. The highest BCUT2D eigenvalue weighted by molar-refractivity contribution is 5.98. The Bertz CT molecular complexity index is 982. The van der Waals surface area contributed by atoms with E-state index in [2.05, 4.69) is 15.0 Å². The summed E-state index contributed by atoms with van der Waals surface area (Å²) >= 11 is 0. The minimum Gasteiger partial charge on any atom is -0.338 e. The van der Waals surface area contributed by atoms with Gasteiger partial charge in [0.1, 0.15) is 0 Å². The number of hydrogen-bond donors (Lipinski definition) is 1. The number of nitrogens with zero attached hydrogens (tertiary/aromatic N) is 3. The first-order chi connectivity index (χ1) is 12.2. The van der Waals surface area contributed by atoms with Crippen LogP contribution in [-0.4, -0.2) is 38.8 Å². The summed E-state index contributed by atoms with van der Waals surface area (Å²) in [7, 11) is 0. The average molecular weight is 334 g/mol. The van der Waals surface area contributed by atoms with E-state index in [9.17, 15) is 9.59 Å². The summed E-state index contributed by atoms with van der Waals surface area (Å²) in [4.78, 5) is 37.0. The van der Waals surface area contributed by atoms with E-state index in [-0.39, 0.29) is 17.5 Å². The van der Waals surface area contributed by atoms with Gasteiger partial charge in [-0.1, -0.05) is 6.07 Å². The third-order valence-electron chi connectivity index (χ3n) is 4.70. The lowest BCUT2D eigenvalue weighted by Gasteiger charge is -2.32. The van der Waals surface area contributed by atoms with Gasteiger partial charge in [0.25, 0.3) is 5.91 Å². The molecule has 0 spiro atoms. The van der Waals surface area contributed by atoms with Crippen molar-refractivity contribution in [3.05, 3.63) is 70.5 Å². The van der Waals surface area contributed by atoms with Crippen LogP contribution in [0.1, 0.15) is 34.8 Å². The molecule has 6 heteroatoms. The zero-order valence-electron chi connectivity index (χ0n) is 13.7. The number of pyridine rings is 1. The number of piperidine rings is 1. The van der Waals surface area contributed by atoms with Crippen LogP contribution in [0.25, 0.3) is 10.9 Å². The molecule has 3 heterocycles. The van der Waals surface area contributed by atoms with E-state index < -0.39 is 0 Å². The maximum Gasteiger partial charge on any atom is 0.345 e. The van der Waals surface area contributed by atoms with Crippen molar-refractivity contribution < 1.29 is 4.79 Å². The first-order valence-corrected chi connectivity index (χ1v) is 8.40. The van der Waals surface area contributed by atoms with Gasteiger partial charge in [-0.25, -0.2) is 9.78 Å². The van der Waals surface area contributed by atoms with E-state index in [0.717, 1.165) is 36.0 Å². The second kappa shape index (κ2) is 6.47. The van der Waals surface area contributed by atoms with E-state index in [4.69, 9.17) is 0 Å². The minimum absolute atomic E-state index is 0.0202. The Morgan fingerprint density at radius 3 is 2.96 bits per heavy atom. The van der Waals surface area contributed by atoms with Crippen LogP contribution in [0.2, 0.25) is 0 Å². The van der Waals surface area contributed by atoms with Gasteiger partial charge in [0.05, 0.1) is 5.52 Å². The number of carbonyl (C=O) groups is 1. The molecule has 2 aromatic heterocycles. The Morgan fingerprint density at radius 2 is 2.08 bits per heavy atom. The summed E-state index contributed by atoms with van der Waals surface area (Å²) in [5.74, 6) is 0.155. The molecule has 0 aliphatic carbocycles. The van der Waals surface area contributed by atoms with Gasteiger partial charge in [-0.2, -0.15) is 0 Å². The molecule has 1 amide bonds. The number of H-pyrrole nitrogens is 1. The Hall–Kier alpha value is -3.02. The van der Waals surface area contributed by atoms with Gasteiger partial charge in [-0.3, -0.25) is 9.78 Å². The fraction of sp³-hybridized carbons (Fsp3) is 0.263. The standard InChI is InChI=1S/C19H18N4O2/c24-18(14-5-6-16-13(11-14)3-1-8-20-16)23-10-2-4-15(12-23)17-7-9-21-19(25)22-17/h1,3,5-9,11,15H,2,4,10,12H2,(H,21,22,25). The predicted molar refractivity (Wildman–Crippen MR) is 94.5 cm³/mol. The van der Waals surface area contributed by atoms with Gasteiger partial charge in [-0.05, 0) is 43.2 Å². The zero-order chi connectivity index (χ0) is 17.2. The molecule has 1 aliphatic heterocycles. The quantitative estimate of drug-likeness (QED) is 0.780. The summed E-state index contributed by atoms with van der Waals surface area (Å²) in [5, 5.41) is 0.959. The maximum absolute atomic E-state index is 12.9. The summed E-state index contributed by atoms with van der Waals surface area (Å²) in [6.45, 7) is 1.33. The molecule has 0 radical (unpaired) electrons. The van der Waals surface area contributed by atoms with E-state index in [1.165, 1.54) is 6.20 Å². The third kappa shape index (κ3) is 3.15. The van der Waals surface area contributed by atoms with Crippen molar-refractivity contribution in [2.24, 2.45) is 0 Å². The Balaban J connectivity index is 1.57. The lowest BCUT2D eigenvalue weighted by Crippen LogP contribution is -2.39. The van der Waals surface area contributed by atoms with E-state index in [1.54, 1.807) is 6.20 Å². The van der Waals surface area contributed by atoms with E-state index in [0.29, 0.717) is 12.1 Å². The van der Waals surface area contributed by atoms with Gasteiger partial charge in [0.2, 0.25) is 0 Å². The van der Waals surface area contributed by atoms with Crippen molar-refractivity contribution in [3.8, 4) is 0 Å². The molecule has 1 unspecified atom stereocenters. The van der Waals surface area contributed by atoms with Crippen molar-refractivity contribution in [2.75, 3.05) is 13.1 Å².